The summed E-state index contributed by atoms with van der Waals surface area (Å²) in [5, 5.41) is 5.03. The van der Waals surface area contributed by atoms with Gasteiger partial charge in [-0.3, -0.25) is 0 Å². The second-order valence-electron chi connectivity index (χ2n) is 3.20. The molecule has 0 saturated carbocycles. The Hall–Kier alpha value is -0.800. The Morgan fingerprint density at radius 1 is 1.20 bits per heavy atom. The van der Waals surface area contributed by atoms with Crippen molar-refractivity contribution in [2.75, 3.05) is 0 Å². The summed E-state index contributed by atoms with van der Waals surface area (Å²) < 4.78 is 5.68. The number of hydrogen-bond donors (Lipinski definition) is 0. The summed E-state index contributed by atoms with van der Waals surface area (Å²) in [4.78, 5) is 0. The Labute approximate surface area is 102 Å². The van der Waals surface area contributed by atoms with Crippen LogP contribution in [-0.2, 0) is 11.9 Å². The molecule has 2 rings (SSSR count). The minimum absolute atomic E-state index is 0.648. The molecule has 0 aliphatic rings. The molecule has 1 aromatic heterocycles. The van der Waals surface area contributed by atoms with E-state index >= 15 is 0 Å². The summed E-state index contributed by atoms with van der Waals surface area (Å²) in [5.41, 5.74) is 2.46. The van der Waals surface area contributed by atoms with Crippen molar-refractivity contribution >= 4 is 27.3 Å². The Morgan fingerprint density at radius 2 is 2.13 bits per heavy atom. The maximum absolute atomic E-state index is 5.68. The third-order valence-corrected chi connectivity index (χ3v) is 3.42. The highest BCUT2D eigenvalue weighted by Crippen LogP contribution is 2.17. The minimum atomic E-state index is 0.648. The van der Waals surface area contributed by atoms with Crippen LogP contribution in [-0.4, -0.2) is 0 Å². The first-order valence-corrected chi connectivity index (χ1v) is 6.73. The summed E-state index contributed by atoms with van der Waals surface area (Å²) in [6, 6.07) is 10.2. The lowest BCUT2D eigenvalue weighted by Crippen LogP contribution is -1.93. The zero-order valence-electron chi connectivity index (χ0n) is 8.15. The number of thiophene rings is 1. The lowest BCUT2D eigenvalue weighted by molar-refractivity contribution is 0.306. The zero-order chi connectivity index (χ0) is 10.5. The van der Waals surface area contributed by atoms with Crippen LogP contribution < -0.4 is 4.74 Å². The molecule has 0 spiro atoms. The summed E-state index contributed by atoms with van der Waals surface area (Å²) >= 11 is 5.12. The van der Waals surface area contributed by atoms with Crippen molar-refractivity contribution in [2.45, 2.75) is 11.9 Å². The van der Waals surface area contributed by atoms with Crippen molar-refractivity contribution in [2.24, 2.45) is 0 Å². The Kier molecular flexibility index (Phi) is 3.80. The molecule has 0 unspecified atom stereocenters. The van der Waals surface area contributed by atoms with Gasteiger partial charge in [0.1, 0.15) is 12.4 Å². The first-order chi connectivity index (χ1) is 7.38. The van der Waals surface area contributed by atoms with E-state index in [1.165, 1.54) is 11.1 Å². The first-order valence-electron chi connectivity index (χ1n) is 4.67. The highest BCUT2D eigenvalue weighted by Gasteiger charge is 1.97. The molecule has 0 amide bonds. The molecule has 1 heterocycles. The number of hydrogen-bond acceptors (Lipinski definition) is 2. The molecule has 0 bridgehead atoms. The fraction of sp³-hybridized carbons (Fsp3) is 0.167. The first kappa shape index (κ1) is 10.7. The Morgan fingerprint density at radius 3 is 2.87 bits per heavy atom. The van der Waals surface area contributed by atoms with Gasteiger partial charge < -0.3 is 4.74 Å². The van der Waals surface area contributed by atoms with Gasteiger partial charge in [0.2, 0.25) is 0 Å². The summed E-state index contributed by atoms with van der Waals surface area (Å²) in [6.07, 6.45) is 0. The van der Waals surface area contributed by atoms with Gasteiger partial charge in [-0.15, -0.1) is 0 Å². The van der Waals surface area contributed by atoms with Gasteiger partial charge in [0.25, 0.3) is 0 Å². The van der Waals surface area contributed by atoms with E-state index in [1.807, 2.05) is 12.1 Å². The molecule has 1 nitrogen and oxygen atoms in total. The van der Waals surface area contributed by atoms with Gasteiger partial charge in [0, 0.05) is 5.33 Å². The van der Waals surface area contributed by atoms with Crippen molar-refractivity contribution in [3.05, 3.63) is 52.2 Å². The molecular formula is C12H11BrOS. The van der Waals surface area contributed by atoms with Crippen LogP contribution in [0.3, 0.4) is 0 Å². The van der Waals surface area contributed by atoms with Gasteiger partial charge in [-0.25, -0.2) is 0 Å². The van der Waals surface area contributed by atoms with E-state index in [0.29, 0.717) is 6.61 Å². The van der Waals surface area contributed by atoms with Crippen LogP contribution >= 0.6 is 27.3 Å². The molecule has 78 valence electrons. The van der Waals surface area contributed by atoms with Gasteiger partial charge in [-0.2, -0.15) is 11.3 Å². The molecule has 0 atom stereocenters. The lowest BCUT2D eigenvalue weighted by Gasteiger charge is -2.05. The lowest BCUT2D eigenvalue weighted by atomic mass is 10.2. The van der Waals surface area contributed by atoms with Crippen LogP contribution in [0.25, 0.3) is 0 Å². The molecule has 3 heteroatoms. The smallest absolute Gasteiger partial charge is 0.120 e. The highest BCUT2D eigenvalue weighted by molar-refractivity contribution is 9.08. The third-order valence-electron chi connectivity index (χ3n) is 2.04. The van der Waals surface area contributed by atoms with Gasteiger partial charge in [-0.05, 0) is 40.1 Å². The molecule has 0 radical (unpaired) electrons. The van der Waals surface area contributed by atoms with Gasteiger partial charge >= 0.3 is 0 Å². The molecule has 0 N–H and O–H groups in total. The summed E-state index contributed by atoms with van der Waals surface area (Å²) in [5.74, 6) is 0.929. The SMILES string of the molecule is BrCc1cccc(OCc2ccsc2)c1. The van der Waals surface area contributed by atoms with Crippen LogP contribution in [0, 0.1) is 0 Å². The van der Waals surface area contributed by atoms with Crippen molar-refractivity contribution < 1.29 is 4.74 Å². The van der Waals surface area contributed by atoms with Gasteiger partial charge in [0.15, 0.2) is 0 Å². The van der Waals surface area contributed by atoms with E-state index in [0.717, 1.165) is 11.1 Å². The van der Waals surface area contributed by atoms with Crippen molar-refractivity contribution in [3.8, 4) is 5.75 Å². The fourth-order valence-corrected chi connectivity index (χ4v) is 2.26. The van der Waals surface area contributed by atoms with Crippen molar-refractivity contribution in [1.29, 1.82) is 0 Å². The second kappa shape index (κ2) is 5.33. The van der Waals surface area contributed by atoms with Crippen LogP contribution in [0.15, 0.2) is 41.1 Å². The number of alkyl halides is 1. The summed E-state index contributed by atoms with van der Waals surface area (Å²) in [7, 11) is 0. The van der Waals surface area contributed by atoms with E-state index in [1.54, 1.807) is 11.3 Å². The van der Waals surface area contributed by atoms with Crippen molar-refractivity contribution in [3.63, 3.8) is 0 Å². The van der Waals surface area contributed by atoms with E-state index in [4.69, 9.17) is 4.74 Å². The Bertz CT molecular complexity index is 411. The quantitative estimate of drug-likeness (QED) is 0.763. The van der Waals surface area contributed by atoms with E-state index in [-0.39, 0.29) is 0 Å². The molecular weight excluding hydrogens is 272 g/mol. The third kappa shape index (κ3) is 3.08. The molecule has 0 saturated heterocycles. The van der Waals surface area contributed by atoms with Crippen LogP contribution in [0.5, 0.6) is 5.75 Å². The van der Waals surface area contributed by atoms with Crippen molar-refractivity contribution in [1.82, 2.24) is 0 Å². The van der Waals surface area contributed by atoms with Crippen LogP contribution in [0.4, 0.5) is 0 Å². The number of ether oxygens (including phenoxy) is 1. The number of halogens is 1. The largest absolute Gasteiger partial charge is 0.489 e. The monoisotopic (exact) mass is 282 g/mol. The van der Waals surface area contributed by atoms with Crippen LogP contribution in [0.2, 0.25) is 0 Å². The van der Waals surface area contributed by atoms with Gasteiger partial charge in [0.05, 0.1) is 0 Å². The van der Waals surface area contributed by atoms with E-state index in [2.05, 4.69) is 44.9 Å². The van der Waals surface area contributed by atoms with E-state index in [9.17, 15) is 0 Å². The number of benzene rings is 1. The molecule has 15 heavy (non-hydrogen) atoms. The maximum atomic E-state index is 5.68. The number of rotatable bonds is 4. The molecule has 0 fully saturated rings. The summed E-state index contributed by atoms with van der Waals surface area (Å²) in [6.45, 7) is 0.648. The minimum Gasteiger partial charge on any atom is -0.489 e. The maximum Gasteiger partial charge on any atom is 0.120 e. The predicted octanol–water partition coefficient (Wildman–Crippen LogP) is 4.22. The highest BCUT2D eigenvalue weighted by atomic mass is 79.9. The normalized spacial score (nSPS) is 10.2. The van der Waals surface area contributed by atoms with E-state index < -0.39 is 0 Å². The molecule has 0 aliphatic heterocycles. The fourth-order valence-electron chi connectivity index (χ4n) is 1.26. The Balaban J connectivity index is 1.98. The molecule has 0 aliphatic carbocycles. The molecule has 1 aromatic carbocycles. The average molecular weight is 283 g/mol. The zero-order valence-corrected chi connectivity index (χ0v) is 10.6. The second-order valence-corrected chi connectivity index (χ2v) is 4.54. The molecule has 2 aromatic rings. The standard InChI is InChI=1S/C12H11BrOS/c13-7-10-2-1-3-12(6-10)14-8-11-4-5-15-9-11/h1-6,9H,7-8H2. The predicted molar refractivity (Wildman–Crippen MR) is 67.7 cm³/mol. The average Bonchev–Trinajstić information content (AvgIpc) is 2.79. The van der Waals surface area contributed by atoms with Crippen LogP contribution in [0.1, 0.15) is 11.1 Å². The topological polar surface area (TPSA) is 9.23 Å². The van der Waals surface area contributed by atoms with Gasteiger partial charge in [-0.1, -0.05) is 28.1 Å².